The molecule has 0 saturated heterocycles. The Morgan fingerprint density at radius 2 is 2.00 bits per heavy atom. The zero-order chi connectivity index (χ0) is 16.9. The van der Waals surface area contributed by atoms with E-state index in [0.29, 0.717) is 28.3 Å². The predicted octanol–water partition coefficient (Wildman–Crippen LogP) is 3.34. The van der Waals surface area contributed by atoms with E-state index in [9.17, 15) is 4.79 Å². The molecule has 0 aliphatic rings. The van der Waals surface area contributed by atoms with Gasteiger partial charge in [-0.25, -0.2) is 0 Å². The lowest BCUT2D eigenvalue weighted by molar-refractivity contribution is 0.102. The minimum absolute atomic E-state index is 0.242. The molecule has 0 fully saturated rings. The number of rotatable bonds is 4. The lowest BCUT2D eigenvalue weighted by atomic mass is 10.2. The average molecular weight is 318 g/mol. The second-order valence-corrected chi connectivity index (χ2v) is 5.12. The molecule has 0 unspecified atom stereocenters. The van der Waals surface area contributed by atoms with Crippen LogP contribution in [0.4, 0.5) is 5.69 Å². The van der Waals surface area contributed by atoms with Crippen LogP contribution in [0.5, 0.6) is 11.5 Å². The van der Waals surface area contributed by atoms with E-state index in [1.54, 1.807) is 72.7 Å². The van der Waals surface area contributed by atoms with E-state index in [1.807, 2.05) is 0 Å². The summed E-state index contributed by atoms with van der Waals surface area (Å²) in [5.74, 6) is 0.894. The topological polar surface area (TPSA) is 79.9 Å². The smallest absolute Gasteiger partial charge is 0.255 e. The normalized spacial score (nSPS) is 10.0. The van der Waals surface area contributed by atoms with Gasteiger partial charge in [0, 0.05) is 18.8 Å². The molecule has 0 radical (unpaired) electrons. The van der Waals surface area contributed by atoms with Crippen molar-refractivity contribution in [3.05, 3.63) is 72.1 Å². The number of aryl methyl sites for hydroxylation is 1. The molecular formula is C18H14N4O2. The Bertz CT molecular complexity index is 907. The van der Waals surface area contributed by atoms with Crippen LogP contribution >= 0.6 is 0 Å². The number of nitriles is 1. The first-order valence-corrected chi connectivity index (χ1v) is 7.22. The van der Waals surface area contributed by atoms with Crippen molar-refractivity contribution in [2.75, 3.05) is 5.32 Å². The molecular weight excluding hydrogens is 304 g/mol. The fourth-order valence-corrected chi connectivity index (χ4v) is 2.12. The lowest BCUT2D eigenvalue weighted by Crippen LogP contribution is -2.11. The van der Waals surface area contributed by atoms with Crippen LogP contribution in [0.3, 0.4) is 0 Å². The van der Waals surface area contributed by atoms with Gasteiger partial charge in [-0.3, -0.25) is 9.48 Å². The van der Waals surface area contributed by atoms with E-state index < -0.39 is 0 Å². The highest BCUT2D eigenvalue weighted by molar-refractivity contribution is 6.04. The van der Waals surface area contributed by atoms with Gasteiger partial charge in [0.2, 0.25) is 0 Å². The Kier molecular flexibility index (Phi) is 4.25. The summed E-state index contributed by atoms with van der Waals surface area (Å²) in [4.78, 5) is 12.3. The van der Waals surface area contributed by atoms with Crippen molar-refractivity contribution in [3.63, 3.8) is 0 Å². The van der Waals surface area contributed by atoms with E-state index >= 15 is 0 Å². The SMILES string of the molecule is Cn1cc(NC(=O)c2cccc(Oc3ccc(C#N)cc3)c2)cn1. The number of benzene rings is 2. The highest BCUT2D eigenvalue weighted by Gasteiger charge is 2.09. The van der Waals surface area contributed by atoms with Gasteiger partial charge in [0.1, 0.15) is 11.5 Å². The van der Waals surface area contributed by atoms with E-state index in [1.165, 1.54) is 0 Å². The van der Waals surface area contributed by atoms with Gasteiger partial charge in [-0.1, -0.05) is 6.07 Å². The van der Waals surface area contributed by atoms with E-state index in [4.69, 9.17) is 10.00 Å². The quantitative estimate of drug-likeness (QED) is 0.800. The third-order valence-electron chi connectivity index (χ3n) is 3.28. The number of hydrogen-bond donors (Lipinski definition) is 1. The van der Waals surface area contributed by atoms with Crippen LogP contribution in [0.25, 0.3) is 0 Å². The Morgan fingerprint density at radius 3 is 2.67 bits per heavy atom. The van der Waals surface area contributed by atoms with Crippen molar-refractivity contribution in [2.24, 2.45) is 7.05 Å². The molecule has 1 N–H and O–H groups in total. The molecule has 1 heterocycles. The first-order valence-electron chi connectivity index (χ1n) is 7.22. The summed E-state index contributed by atoms with van der Waals surface area (Å²) < 4.78 is 7.33. The second kappa shape index (κ2) is 6.67. The maximum absolute atomic E-state index is 12.3. The van der Waals surface area contributed by atoms with Gasteiger partial charge in [-0.15, -0.1) is 0 Å². The van der Waals surface area contributed by atoms with Crippen molar-refractivity contribution in [1.29, 1.82) is 5.26 Å². The Labute approximate surface area is 138 Å². The zero-order valence-corrected chi connectivity index (χ0v) is 12.9. The molecule has 1 amide bonds. The van der Waals surface area contributed by atoms with Gasteiger partial charge in [-0.05, 0) is 42.5 Å². The standard InChI is InChI=1S/C18H14N4O2/c1-22-12-15(11-20-22)21-18(23)14-3-2-4-17(9-14)24-16-7-5-13(10-19)6-8-16/h2-9,11-12H,1H3,(H,21,23). The summed E-state index contributed by atoms with van der Waals surface area (Å²) >= 11 is 0. The second-order valence-electron chi connectivity index (χ2n) is 5.12. The number of ether oxygens (including phenoxy) is 1. The van der Waals surface area contributed by atoms with Crippen LogP contribution in [0.1, 0.15) is 15.9 Å². The number of carbonyl (C=O) groups is 1. The Morgan fingerprint density at radius 1 is 1.21 bits per heavy atom. The fraction of sp³-hybridized carbons (Fsp3) is 0.0556. The summed E-state index contributed by atoms with van der Waals surface area (Å²) in [6.07, 6.45) is 3.30. The molecule has 0 atom stereocenters. The average Bonchev–Trinajstić information content (AvgIpc) is 3.00. The van der Waals surface area contributed by atoms with Gasteiger partial charge >= 0.3 is 0 Å². The molecule has 1 aromatic heterocycles. The zero-order valence-electron chi connectivity index (χ0n) is 12.9. The molecule has 3 aromatic rings. The predicted molar refractivity (Wildman–Crippen MR) is 88.8 cm³/mol. The van der Waals surface area contributed by atoms with E-state index in [2.05, 4.69) is 16.5 Å². The number of nitrogens with one attached hydrogen (secondary N) is 1. The molecule has 6 nitrogen and oxygen atoms in total. The molecule has 2 aromatic carbocycles. The lowest BCUT2D eigenvalue weighted by Gasteiger charge is -2.08. The number of carbonyl (C=O) groups excluding carboxylic acids is 1. The number of hydrogen-bond acceptors (Lipinski definition) is 4. The molecule has 0 bridgehead atoms. The van der Waals surface area contributed by atoms with E-state index in [-0.39, 0.29) is 5.91 Å². The number of amides is 1. The van der Waals surface area contributed by atoms with Crippen LogP contribution < -0.4 is 10.1 Å². The third-order valence-corrected chi connectivity index (χ3v) is 3.28. The summed E-state index contributed by atoms with van der Waals surface area (Å²) in [6, 6.07) is 15.7. The van der Waals surface area contributed by atoms with Crippen molar-refractivity contribution >= 4 is 11.6 Å². The molecule has 118 valence electrons. The highest BCUT2D eigenvalue weighted by atomic mass is 16.5. The summed E-state index contributed by atoms with van der Waals surface area (Å²) in [5.41, 5.74) is 1.66. The number of aromatic nitrogens is 2. The van der Waals surface area contributed by atoms with E-state index in [0.717, 1.165) is 0 Å². The molecule has 0 aliphatic carbocycles. The first-order chi connectivity index (χ1) is 11.6. The number of nitrogens with zero attached hydrogens (tertiary/aromatic N) is 3. The molecule has 0 saturated carbocycles. The molecule has 0 aliphatic heterocycles. The summed E-state index contributed by atoms with van der Waals surface area (Å²) in [6.45, 7) is 0. The van der Waals surface area contributed by atoms with Gasteiger partial charge in [0.25, 0.3) is 5.91 Å². The van der Waals surface area contributed by atoms with Gasteiger partial charge in [-0.2, -0.15) is 10.4 Å². The van der Waals surface area contributed by atoms with Gasteiger partial charge < -0.3 is 10.1 Å². The van der Waals surface area contributed by atoms with Gasteiger partial charge in [0.15, 0.2) is 0 Å². The van der Waals surface area contributed by atoms with Crippen molar-refractivity contribution in [1.82, 2.24) is 9.78 Å². The van der Waals surface area contributed by atoms with Crippen LogP contribution in [0, 0.1) is 11.3 Å². The Hall–Kier alpha value is -3.59. The van der Waals surface area contributed by atoms with Crippen molar-refractivity contribution in [2.45, 2.75) is 0 Å². The Balaban J connectivity index is 1.73. The minimum Gasteiger partial charge on any atom is -0.457 e. The first kappa shape index (κ1) is 15.3. The van der Waals surface area contributed by atoms with Crippen LogP contribution in [0.15, 0.2) is 60.9 Å². The number of anilines is 1. The third kappa shape index (κ3) is 3.59. The maximum atomic E-state index is 12.3. The highest BCUT2D eigenvalue weighted by Crippen LogP contribution is 2.23. The fourth-order valence-electron chi connectivity index (χ4n) is 2.12. The maximum Gasteiger partial charge on any atom is 0.255 e. The van der Waals surface area contributed by atoms with Crippen LogP contribution in [0.2, 0.25) is 0 Å². The van der Waals surface area contributed by atoms with Crippen LogP contribution in [-0.2, 0) is 7.05 Å². The molecule has 24 heavy (non-hydrogen) atoms. The largest absolute Gasteiger partial charge is 0.457 e. The van der Waals surface area contributed by atoms with Crippen LogP contribution in [-0.4, -0.2) is 15.7 Å². The summed E-state index contributed by atoms with van der Waals surface area (Å²) in [5, 5.41) is 15.6. The van der Waals surface area contributed by atoms with Crippen molar-refractivity contribution in [3.8, 4) is 17.6 Å². The monoisotopic (exact) mass is 318 g/mol. The molecule has 3 rings (SSSR count). The minimum atomic E-state index is -0.242. The van der Waals surface area contributed by atoms with Crippen molar-refractivity contribution < 1.29 is 9.53 Å². The molecule has 0 spiro atoms. The van der Waals surface area contributed by atoms with Gasteiger partial charge in [0.05, 0.1) is 23.5 Å². The molecule has 6 heteroatoms. The summed E-state index contributed by atoms with van der Waals surface area (Å²) in [7, 11) is 1.78.